The molecule has 0 atom stereocenters. The molecular weight excluding hydrogens is 604 g/mol. The lowest BCUT2D eigenvalue weighted by Gasteiger charge is -2.42. The summed E-state index contributed by atoms with van der Waals surface area (Å²) in [6.07, 6.45) is 1.20. The smallest absolute Gasteiger partial charge is 0.250 e. The fourth-order valence-electron chi connectivity index (χ4n) is 6.59. The van der Waals surface area contributed by atoms with E-state index >= 15 is 0 Å². The van der Waals surface area contributed by atoms with Gasteiger partial charge in [0.2, 0.25) is 21.8 Å². The van der Waals surface area contributed by atoms with E-state index in [1.54, 1.807) is 31.3 Å². The maximum absolute atomic E-state index is 14.1. The zero-order chi connectivity index (χ0) is 32.3. The number of methoxy groups -OCH3 is 2. The van der Waals surface area contributed by atoms with E-state index in [0.29, 0.717) is 42.7 Å². The van der Waals surface area contributed by atoms with Crippen molar-refractivity contribution in [1.29, 1.82) is 0 Å². The second kappa shape index (κ2) is 13.0. The number of fused-ring (bicyclic) bond motifs is 1. The van der Waals surface area contributed by atoms with Gasteiger partial charge in [0, 0.05) is 30.7 Å². The third kappa shape index (κ3) is 5.88. The van der Waals surface area contributed by atoms with E-state index in [9.17, 15) is 18.0 Å². The Kier molecular flexibility index (Phi) is 8.88. The number of carbonyl (C=O) groups is 2. The van der Waals surface area contributed by atoms with Crippen molar-refractivity contribution < 1.29 is 27.5 Å². The van der Waals surface area contributed by atoms with Crippen LogP contribution in [-0.4, -0.2) is 82.0 Å². The summed E-state index contributed by atoms with van der Waals surface area (Å²) < 4.78 is 39.9. The van der Waals surface area contributed by atoms with Gasteiger partial charge in [0.15, 0.2) is 11.5 Å². The number of nitrogens with one attached hydrogen (secondary N) is 1. The van der Waals surface area contributed by atoms with Crippen LogP contribution in [0.3, 0.4) is 0 Å². The highest BCUT2D eigenvalue weighted by molar-refractivity contribution is 7.89. The van der Waals surface area contributed by atoms with Gasteiger partial charge in [0.1, 0.15) is 12.1 Å². The number of piperidine rings is 1. The Morgan fingerprint density at radius 3 is 2.30 bits per heavy atom. The van der Waals surface area contributed by atoms with E-state index in [1.807, 2.05) is 83.8 Å². The number of rotatable bonds is 10. The predicted octanol–water partition coefficient (Wildman–Crippen LogP) is 4.05. The summed E-state index contributed by atoms with van der Waals surface area (Å²) in [5, 5.41) is 4.47. The largest absolute Gasteiger partial charge is 0.493 e. The van der Waals surface area contributed by atoms with Crippen molar-refractivity contribution in [3.05, 3.63) is 96.6 Å². The molecule has 2 heterocycles. The van der Waals surface area contributed by atoms with Crippen molar-refractivity contribution >= 4 is 38.3 Å². The Bertz CT molecular complexity index is 1840. The molecule has 2 aliphatic heterocycles. The summed E-state index contributed by atoms with van der Waals surface area (Å²) in [5.74, 6) is 0.844. The number of ether oxygens (including phenoxy) is 2. The summed E-state index contributed by atoms with van der Waals surface area (Å²) >= 11 is 0. The molecule has 0 aliphatic carbocycles. The van der Waals surface area contributed by atoms with Crippen LogP contribution in [0.25, 0.3) is 10.8 Å². The van der Waals surface area contributed by atoms with Gasteiger partial charge in [0.25, 0.3) is 0 Å². The second-order valence-electron chi connectivity index (χ2n) is 11.6. The Morgan fingerprint density at radius 1 is 0.870 bits per heavy atom. The van der Waals surface area contributed by atoms with E-state index in [4.69, 9.17) is 9.47 Å². The van der Waals surface area contributed by atoms with E-state index in [2.05, 4.69) is 5.32 Å². The summed E-state index contributed by atoms with van der Waals surface area (Å²) in [6, 6.07) is 28.0. The number of amides is 2. The van der Waals surface area contributed by atoms with Crippen molar-refractivity contribution in [2.75, 3.05) is 52.0 Å². The summed E-state index contributed by atoms with van der Waals surface area (Å²) in [5.41, 5.74) is 0.888. The highest BCUT2D eigenvalue weighted by atomic mass is 32.2. The van der Waals surface area contributed by atoms with Crippen molar-refractivity contribution in [3.8, 4) is 11.5 Å². The molecule has 0 radical (unpaired) electrons. The van der Waals surface area contributed by atoms with Gasteiger partial charge in [-0.15, -0.1) is 0 Å². The molecule has 2 saturated heterocycles. The minimum absolute atomic E-state index is 0.0894. The molecule has 4 aromatic rings. The number of hydrogen-bond donors (Lipinski definition) is 1. The maximum Gasteiger partial charge on any atom is 0.250 e. The van der Waals surface area contributed by atoms with Crippen LogP contribution in [-0.2, 0) is 26.0 Å². The standard InChI is InChI=1S/C35H38N4O6S/c1-44-30-16-15-26(23-31(30)45-2)17-20-36-33(40)24-37-25-39(28-11-4-3-5-12-28)35(34(37)41)18-21-38(22-19-35)46(42,43)32-14-8-10-27-9-6-7-13-29(27)32/h3-16,23H,17-22,24-25H2,1-2H3,(H,36,40). The number of anilines is 1. The highest BCUT2D eigenvalue weighted by Gasteiger charge is 2.55. The van der Waals surface area contributed by atoms with Crippen LogP contribution in [0, 0.1) is 0 Å². The SMILES string of the molecule is COc1ccc(CCNC(=O)CN2CN(c3ccccc3)C3(CCN(S(=O)(=O)c4cccc5ccccc45)CC3)C2=O)cc1OC. The van der Waals surface area contributed by atoms with Crippen LogP contribution in [0.15, 0.2) is 95.9 Å². The molecule has 240 valence electrons. The molecular formula is C35H38N4O6S. The van der Waals surface area contributed by atoms with E-state index in [-0.39, 0.29) is 43.0 Å². The highest BCUT2D eigenvalue weighted by Crippen LogP contribution is 2.41. The van der Waals surface area contributed by atoms with Gasteiger partial charge in [-0.3, -0.25) is 9.59 Å². The molecule has 4 aromatic carbocycles. The number of carbonyl (C=O) groups excluding carboxylic acids is 2. The first-order chi connectivity index (χ1) is 22.3. The Hall–Kier alpha value is -4.61. The fourth-order valence-corrected chi connectivity index (χ4v) is 8.25. The molecule has 0 saturated carbocycles. The molecule has 1 N–H and O–H groups in total. The first-order valence-corrected chi connectivity index (χ1v) is 16.8. The van der Waals surface area contributed by atoms with E-state index in [1.165, 1.54) is 4.31 Å². The number of benzene rings is 4. The lowest BCUT2D eigenvalue weighted by molar-refractivity contribution is -0.137. The number of sulfonamides is 1. The minimum atomic E-state index is -3.80. The third-order valence-corrected chi connectivity index (χ3v) is 11.0. The quantitative estimate of drug-likeness (QED) is 0.278. The fraction of sp³-hybridized carbons (Fsp3) is 0.314. The van der Waals surface area contributed by atoms with Crippen LogP contribution < -0.4 is 19.7 Å². The monoisotopic (exact) mass is 642 g/mol. The maximum atomic E-state index is 14.1. The zero-order valence-electron chi connectivity index (χ0n) is 26.0. The molecule has 2 aliphatic rings. The summed E-state index contributed by atoms with van der Waals surface area (Å²) in [6.45, 7) is 0.915. The van der Waals surface area contributed by atoms with Gasteiger partial charge in [-0.05, 0) is 60.5 Å². The molecule has 2 amide bonds. The molecule has 10 nitrogen and oxygen atoms in total. The van der Waals surface area contributed by atoms with E-state index in [0.717, 1.165) is 16.6 Å². The van der Waals surface area contributed by atoms with Crippen LogP contribution >= 0.6 is 0 Å². The van der Waals surface area contributed by atoms with Crippen LogP contribution in [0.4, 0.5) is 5.69 Å². The van der Waals surface area contributed by atoms with Gasteiger partial charge in [-0.2, -0.15) is 4.31 Å². The molecule has 2 fully saturated rings. The van der Waals surface area contributed by atoms with Gasteiger partial charge < -0.3 is 24.6 Å². The Labute approximate surface area is 269 Å². The van der Waals surface area contributed by atoms with Crippen molar-refractivity contribution in [2.24, 2.45) is 0 Å². The molecule has 0 unspecified atom stereocenters. The van der Waals surface area contributed by atoms with Crippen molar-refractivity contribution in [1.82, 2.24) is 14.5 Å². The summed E-state index contributed by atoms with van der Waals surface area (Å²) in [4.78, 5) is 31.1. The third-order valence-electron chi connectivity index (χ3n) is 9.02. The lowest BCUT2D eigenvalue weighted by Crippen LogP contribution is -2.57. The van der Waals surface area contributed by atoms with Crippen molar-refractivity contribution in [3.63, 3.8) is 0 Å². The normalized spacial score (nSPS) is 16.6. The number of para-hydroxylation sites is 1. The second-order valence-corrected chi connectivity index (χ2v) is 13.5. The molecule has 11 heteroatoms. The average molecular weight is 643 g/mol. The van der Waals surface area contributed by atoms with Crippen LogP contribution in [0.2, 0.25) is 0 Å². The first-order valence-electron chi connectivity index (χ1n) is 15.3. The lowest BCUT2D eigenvalue weighted by atomic mass is 9.86. The van der Waals surface area contributed by atoms with Gasteiger partial charge in [-0.25, -0.2) is 8.42 Å². The number of nitrogens with zero attached hydrogens (tertiary/aromatic N) is 3. The Morgan fingerprint density at radius 2 is 1.57 bits per heavy atom. The molecule has 0 aromatic heterocycles. The molecule has 6 rings (SSSR count). The topological polar surface area (TPSA) is 108 Å². The van der Waals surface area contributed by atoms with Gasteiger partial charge >= 0.3 is 0 Å². The number of hydrogen-bond acceptors (Lipinski definition) is 7. The minimum Gasteiger partial charge on any atom is -0.493 e. The molecule has 1 spiro atoms. The van der Waals surface area contributed by atoms with E-state index < -0.39 is 15.6 Å². The van der Waals surface area contributed by atoms with Gasteiger partial charge in [0.05, 0.1) is 25.8 Å². The molecule has 46 heavy (non-hydrogen) atoms. The first kappa shape index (κ1) is 31.4. The van der Waals surface area contributed by atoms with Gasteiger partial charge in [-0.1, -0.05) is 60.7 Å². The van der Waals surface area contributed by atoms with Crippen molar-refractivity contribution in [2.45, 2.75) is 29.7 Å². The summed E-state index contributed by atoms with van der Waals surface area (Å²) in [7, 11) is -0.637. The average Bonchev–Trinajstić information content (AvgIpc) is 3.34. The van der Waals surface area contributed by atoms with Crippen LogP contribution in [0.5, 0.6) is 11.5 Å². The zero-order valence-corrected chi connectivity index (χ0v) is 26.8. The predicted molar refractivity (Wildman–Crippen MR) is 176 cm³/mol. The Balaban J connectivity index is 1.15. The molecule has 0 bridgehead atoms. The van der Waals surface area contributed by atoms with Crippen LogP contribution in [0.1, 0.15) is 18.4 Å².